The smallest absolute Gasteiger partial charge is 0.142 e. The zero-order chi connectivity index (χ0) is 12.5. The molecule has 0 saturated heterocycles. The molecule has 0 radical (unpaired) electrons. The second-order valence-corrected chi connectivity index (χ2v) is 4.06. The van der Waals surface area contributed by atoms with Gasteiger partial charge in [0.05, 0.1) is 36.8 Å². The summed E-state index contributed by atoms with van der Waals surface area (Å²) in [5, 5.41) is 1.10. The molecule has 0 bridgehead atoms. The van der Waals surface area contributed by atoms with Crippen molar-refractivity contribution in [3.05, 3.63) is 36.3 Å². The molecule has 0 atom stereocenters. The van der Waals surface area contributed by atoms with Gasteiger partial charge in [-0.1, -0.05) is 12.1 Å². The Bertz CT molecular complexity index is 683. The number of nitrogens with one attached hydrogen (secondary N) is 2. The molecule has 4 N–H and O–H groups in total. The van der Waals surface area contributed by atoms with Gasteiger partial charge in [0.25, 0.3) is 0 Å². The van der Waals surface area contributed by atoms with E-state index in [1.165, 1.54) is 0 Å². The number of aromatic amines is 2. The first-order valence-electron chi connectivity index (χ1n) is 5.72. The lowest BCUT2D eigenvalue weighted by Crippen LogP contribution is -1.97. The zero-order valence-corrected chi connectivity index (χ0v) is 10.0. The molecule has 0 fully saturated rings. The van der Waals surface area contributed by atoms with Gasteiger partial charge in [0.1, 0.15) is 11.6 Å². The van der Waals surface area contributed by atoms with Crippen LogP contribution in [0.3, 0.4) is 0 Å². The summed E-state index contributed by atoms with van der Waals surface area (Å²) in [4.78, 5) is 10.7. The van der Waals surface area contributed by atoms with E-state index in [2.05, 4.69) is 21.0 Å². The van der Waals surface area contributed by atoms with E-state index in [0.717, 1.165) is 33.9 Å². The molecule has 0 saturated carbocycles. The van der Waals surface area contributed by atoms with Crippen molar-refractivity contribution < 1.29 is 4.74 Å². The Morgan fingerprint density at radius 1 is 1.28 bits per heavy atom. The van der Waals surface area contributed by atoms with Crippen LogP contribution >= 0.6 is 0 Å². The molecule has 0 aliphatic rings. The van der Waals surface area contributed by atoms with Crippen LogP contribution < -0.4 is 10.5 Å². The van der Waals surface area contributed by atoms with Crippen molar-refractivity contribution in [3.63, 3.8) is 0 Å². The molecule has 2 aromatic heterocycles. The largest absolute Gasteiger partial charge is 0.495 e. The first-order chi connectivity index (χ1) is 8.81. The molecule has 1 aromatic carbocycles. The van der Waals surface area contributed by atoms with Crippen molar-refractivity contribution in [2.24, 2.45) is 5.73 Å². The van der Waals surface area contributed by atoms with E-state index in [1.54, 1.807) is 13.3 Å². The lowest BCUT2D eigenvalue weighted by Gasteiger charge is -1.99. The quantitative estimate of drug-likeness (QED) is 0.657. The predicted octanol–water partition coefficient (Wildman–Crippen LogP) is 2.03. The Balaban J connectivity index is 2.13. The molecule has 0 unspecified atom stereocenters. The number of benzene rings is 1. The molecule has 5 nitrogen and oxygen atoms in total. The van der Waals surface area contributed by atoms with Crippen molar-refractivity contribution >= 4 is 10.9 Å². The van der Waals surface area contributed by atoms with Crippen molar-refractivity contribution in [3.8, 4) is 17.1 Å². The molecular weight excluding hydrogens is 228 g/mol. The molecule has 3 aromatic rings. The summed E-state index contributed by atoms with van der Waals surface area (Å²) < 4.78 is 5.33. The van der Waals surface area contributed by atoms with Crippen LogP contribution in [0.15, 0.2) is 30.5 Å². The van der Waals surface area contributed by atoms with Crippen LogP contribution in [0.1, 0.15) is 5.82 Å². The van der Waals surface area contributed by atoms with Crippen molar-refractivity contribution in [2.45, 2.75) is 6.54 Å². The number of imidazole rings is 1. The lowest BCUT2D eigenvalue weighted by molar-refractivity contribution is 0.419. The van der Waals surface area contributed by atoms with Gasteiger partial charge in [-0.2, -0.15) is 0 Å². The van der Waals surface area contributed by atoms with Crippen LogP contribution in [-0.4, -0.2) is 22.1 Å². The third kappa shape index (κ3) is 1.65. The molecule has 0 aliphatic heterocycles. The molecular formula is C13H14N4O. The fourth-order valence-electron chi connectivity index (χ4n) is 2.05. The van der Waals surface area contributed by atoms with Crippen LogP contribution in [0.25, 0.3) is 22.3 Å². The Kier molecular flexibility index (Phi) is 2.53. The van der Waals surface area contributed by atoms with Crippen molar-refractivity contribution in [2.75, 3.05) is 7.11 Å². The van der Waals surface area contributed by atoms with Crippen LogP contribution in [-0.2, 0) is 6.54 Å². The van der Waals surface area contributed by atoms with Crippen molar-refractivity contribution in [1.82, 2.24) is 15.0 Å². The van der Waals surface area contributed by atoms with Crippen LogP contribution in [0.5, 0.6) is 5.75 Å². The number of ether oxygens (including phenoxy) is 1. The maximum Gasteiger partial charge on any atom is 0.142 e. The summed E-state index contributed by atoms with van der Waals surface area (Å²) >= 11 is 0. The Hall–Kier alpha value is -2.27. The van der Waals surface area contributed by atoms with Gasteiger partial charge in [-0.25, -0.2) is 4.98 Å². The molecule has 0 amide bonds. The first-order valence-corrected chi connectivity index (χ1v) is 5.72. The molecule has 3 rings (SSSR count). The van der Waals surface area contributed by atoms with E-state index < -0.39 is 0 Å². The lowest BCUT2D eigenvalue weighted by atomic mass is 10.2. The average Bonchev–Trinajstić information content (AvgIpc) is 3.03. The molecule has 92 valence electrons. The highest BCUT2D eigenvalue weighted by molar-refractivity contribution is 5.89. The maximum atomic E-state index is 5.54. The van der Waals surface area contributed by atoms with Gasteiger partial charge >= 0.3 is 0 Å². The summed E-state index contributed by atoms with van der Waals surface area (Å²) in [7, 11) is 1.66. The Morgan fingerprint density at radius 3 is 2.89 bits per heavy atom. The number of rotatable bonds is 3. The summed E-state index contributed by atoms with van der Waals surface area (Å²) in [6, 6.07) is 8.00. The highest BCUT2D eigenvalue weighted by Gasteiger charge is 2.08. The number of nitrogens with zero attached hydrogens (tertiary/aromatic N) is 1. The number of fused-ring (bicyclic) bond motifs is 1. The number of methoxy groups -OCH3 is 1. The van der Waals surface area contributed by atoms with E-state index in [1.807, 2.05) is 18.2 Å². The van der Waals surface area contributed by atoms with Gasteiger partial charge < -0.3 is 20.4 Å². The summed E-state index contributed by atoms with van der Waals surface area (Å²) in [5.74, 6) is 1.60. The highest BCUT2D eigenvalue weighted by Crippen LogP contribution is 2.29. The van der Waals surface area contributed by atoms with Crippen LogP contribution in [0.2, 0.25) is 0 Å². The van der Waals surface area contributed by atoms with Gasteiger partial charge in [0, 0.05) is 5.39 Å². The van der Waals surface area contributed by atoms with Crippen LogP contribution in [0.4, 0.5) is 0 Å². The van der Waals surface area contributed by atoms with E-state index in [4.69, 9.17) is 10.5 Å². The number of aromatic nitrogens is 3. The van der Waals surface area contributed by atoms with Crippen molar-refractivity contribution in [1.29, 1.82) is 0 Å². The molecule has 18 heavy (non-hydrogen) atoms. The predicted molar refractivity (Wildman–Crippen MR) is 70.3 cm³/mol. The fourth-order valence-corrected chi connectivity index (χ4v) is 2.05. The summed E-state index contributed by atoms with van der Waals surface area (Å²) in [6.07, 6.45) is 1.78. The Morgan fingerprint density at radius 2 is 2.17 bits per heavy atom. The topological polar surface area (TPSA) is 79.7 Å². The minimum absolute atomic E-state index is 0.406. The van der Waals surface area contributed by atoms with E-state index in [0.29, 0.717) is 6.54 Å². The van der Waals surface area contributed by atoms with Gasteiger partial charge in [-0.3, -0.25) is 0 Å². The summed E-state index contributed by atoms with van der Waals surface area (Å²) in [5.41, 5.74) is 8.42. The third-order valence-electron chi connectivity index (χ3n) is 2.95. The third-order valence-corrected chi connectivity index (χ3v) is 2.95. The number of para-hydroxylation sites is 1. The average molecular weight is 242 g/mol. The second-order valence-electron chi connectivity index (χ2n) is 4.06. The molecule has 2 heterocycles. The Labute approximate surface area is 104 Å². The van der Waals surface area contributed by atoms with Gasteiger partial charge in [-0.15, -0.1) is 0 Å². The van der Waals surface area contributed by atoms with E-state index >= 15 is 0 Å². The monoisotopic (exact) mass is 242 g/mol. The SMILES string of the molecule is COc1cccc2cc(-c3cnc(CN)[nH]3)[nH]c12. The van der Waals surface area contributed by atoms with Gasteiger partial charge in [0.2, 0.25) is 0 Å². The molecule has 5 heteroatoms. The van der Waals surface area contributed by atoms with Crippen LogP contribution in [0, 0.1) is 0 Å². The van der Waals surface area contributed by atoms with Gasteiger partial charge in [-0.05, 0) is 12.1 Å². The number of H-pyrrole nitrogens is 2. The highest BCUT2D eigenvalue weighted by atomic mass is 16.5. The number of hydrogen-bond donors (Lipinski definition) is 3. The standard InChI is InChI=1S/C13H14N4O/c1-18-11-4-2-3-8-5-9(17-13(8)11)10-7-15-12(6-14)16-10/h2-5,7,17H,6,14H2,1H3,(H,15,16). The molecule has 0 spiro atoms. The normalized spacial score (nSPS) is 11.0. The minimum Gasteiger partial charge on any atom is -0.495 e. The fraction of sp³-hybridized carbons (Fsp3) is 0.154. The summed E-state index contributed by atoms with van der Waals surface area (Å²) in [6.45, 7) is 0.406. The van der Waals surface area contributed by atoms with Gasteiger partial charge in [0.15, 0.2) is 0 Å². The number of nitrogens with two attached hydrogens (primary N) is 1. The number of hydrogen-bond acceptors (Lipinski definition) is 3. The zero-order valence-electron chi connectivity index (χ0n) is 10.0. The maximum absolute atomic E-state index is 5.54. The second kappa shape index (κ2) is 4.19. The minimum atomic E-state index is 0.406. The van der Waals surface area contributed by atoms with E-state index in [-0.39, 0.29) is 0 Å². The first kappa shape index (κ1) is 10.9. The molecule has 0 aliphatic carbocycles. The van der Waals surface area contributed by atoms with E-state index in [9.17, 15) is 0 Å².